The van der Waals surface area contributed by atoms with E-state index in [1.165, 1.54) is 13.3 Å². The Hall–Kier alpha value is -2.07. The zero-order valence-electron chi connectivity index (χ0n) is 13.8. The van der Waals surface area contributed by atoms with Crippen molar-refractivity contribution < 1.29 is 9.53 Å². The smallest absolute Gasteiger partial charge is 0.240 e. The molecule has 1 amide bonds. The normalized spacial score (nSPS) is 18.3. The summed E-state index contributed by atoms with van der Waals surface area (Å²) >= 11 is 0. The Morgan fingerprint density at radius 2 is 1.78 bits per heavy atom. The standard InChI is InChI=1S/C19H24N2O2/c1-15(22)20-19(2,21-13-6-3-7-14-21)23-18-12-8-10-16-9-4-5-11-17(16)18/h4-5,8-12H,3,6-7,13-14H2,1-2H3,(H,20,22). The SMILES string of the molecule is CC(=O)NC(C)(Oc1cccc2ccccc12)N1CCCCC1. The zero-order valence-corrected chi connectivity index (χ0v) is 13.8. The van der Waals surface area contributed by atoms with Crippen LogP contribution in [0.4, 0.5) is 0 Å². The summed E-state index contributed by atoms with van der Waals surface area (Å²) in [6.45, 7) is 5.35. The number of rotatable bonds is 4. The van der Waals surface area contributed by atoms with E-state index in [0.717, 1.165) is 42.5 Å². The molecule has 1 fully saturated rings. The molecule has 1 N–H and O–H groups in total. The molecule has 0 radical (unpaired) electrons. The average molecular weight is 312 g/mol. The molecule has 1 aliphatic heterocycles. The first-order valence-corrected chi connectivity index (χ1v) is 8.29. The van der Waals surface area contributed by atoms with E-state index in [1.807, 2.05) is 31.2 Å². The van der Waals surface area contributed by atoms with E-state index in [0.29, 0.717) is 0 Å². The molecule has 0 aliphatic carbocycles. The molecule has 1 atom stereocenters. The molecule has 2 aromatic carbocycles. The molecule has 1 aliphatic rings. The molecule has 0 spiro atoms. The van der Waals surface area contributed by atoms with Crippen LogP contribution in [0.5, 0.6) is 5.75 Å². The number of carbonyl (C=O) groups excluding carboxylic acids is 1. The van der Waals surface area contributed by atoms with E-state index < -0.39 is 5.85 Å². The number of benzene rings is 2. The van der Waals surface area contributed by atoms with Crippen LogP contribution in [0.25, 0.3) is 10.8 Å². The Kier molecular flexibility index (Phi) is 4.53. The van der Waals surface area contributed by atoms with Crippen molar-refractivity contribution in [3.05, 3.63) is 42.5 Å². The molecular formula is C19H24N2O2. The Labute approximate surface area is 137 Å². The van der Waals surface area contributed by atoms with Crippen molar-refractivity contribution >= 4 is 16.7 Å². The quantitative estimate of drug-likeness (QED) is 0.878. The topological polar surface area (TPSA) is 41.6 Å². The van der Waals surface area contributed by atoms with Crippen LogP contribution in [0.1, 0.15) is 33.1 Å². The maximum absolute atomic E-state index is 11.7. The van der Waals surface area contributed by atoms with Crippen LogP contribution in [-0.4, -0.2) is 29.7 Å². The largest absolute Gasteiger partial charge is 0.454 e. The number of nitrogens with one attached hydrogen (secondary N) is 1. The number of likely N-dealkylation sites (tertiary alicyclic amines) is 1. The first-order valence-electron chi connectivity index (χ1n) is 8.29. The van der Waals surface area contributed by atoms with Gasteiger partial charge < -0.3 is 10.1 Å². The first kappa shape index (κ1) is 15.8. The molecule has 0 aromatic heterocycles. The molecule has 2 aromatic rings. The maximum atomic E-state index is 11.7. The van der Waals surface area contributed by atoms with Crippen LogP contribution in [0.3, 0.4) is 0 Å². The van der Waals surface area contributed by atoms with Gasteiger partial charge >= 0.3 is 0 Å². The summed E-state index contributed by atoms with van der Waals surface area (Å²) in [7, 11) is 0. The minimum absolute atomic E-state index is 0.0849. The summed E-state index contributed by atoms with van der Waals surface area (Å²) in [6.07, 6.45) is 3.50. The number of carbonyl (C=O) groups is 1. The molecule has 122 valence electrons. The van der Waals surface area contributed by atoms with E-state index in [-0.39, 0.29) is 5.91 Å². The van der Waals surface area contributed by atoms with E-state index in [4.69, 9.17) is 4.74 Å². The van der Waals surface area contributed by atoms with Crippen molar-refractivity contribution in [2.45, 2.75) is 39.0 Å². The molecule has 1 unspecified atom stereocenters. The second kappa shape index (κ2) is 6.59. The number of nitrogens with zero attached hydrogens (tertiary/aromatic N) is 1. The monoisotopic (exact) mass is 312 g/mol. The molecular weight excluding hydrogens is 288 g/mol. The Bertz CT molecular complexity index is 689. The Morgan fingerprint density at radius 3 is 2.52 bits per heavy atom. The third-order valence-corrected chi connectivity index (χ3v) is 4.43. The summed E-state index contributed by atoms with van der Waals surface area (Å²) in [4.78, 5) is 14.0. The van der Waals surface area contributed by atoms with Gasteiger partial charge in [-0.2, -0.15) is 0 Å². The highest BCUT2D eigenvalue weighted by molar-refractivity contribution is 5.88. The van der Waals surface area contributed by atoms with Crippen LogP contribution in [0, 0.1) is 0 Å². The molecule has 3 rings (SSSR count). The van der Waals surface area contributed by atoms with Crippen molar-refractivity contribution in [1.82, 2.24) is 10.2 Å². The summed E-state index contributed by atoms with van der Waals surface area (Å²) in [5.41, 5.74) is 0. The van der Waals surface area contributed by atoms with Crippen molar-refractivity contribution in [3.8, 4) is 5.75 Å². The highest BCUT2D eigenvalue weighted by atomic mass is 16.5. The van der Waals surface area contributed by atoms with Crippen molar-refractivity contribution in [1.29, 1.82) is 0 Å². The predicted octanol–water partition coefficient (Wildman–Crippen LogP) is 3.51. The molecule has 4 nitrogen and oxygen atoms in total. The number of piperidine rings is 1. The van der Waals surface area contributed by atoms with Gasteiger partial charge in [-0.05, 0) is 24.3 Å². The Morgan fingerprint density at radius 1 is 1.09 bits per heavy atom. The number of fused-ring (bicyclic) bond motifs is 1. The molecule has 0 saturated carbocycles. The number of amides is 1. The fourth-order valence-corrected chi connectivity index (χ4v) is 3.32. The number of hydrogen-bond acceptors (Lipinski definition) is 3. The molecule has 1 heterocycles. The highest BCUT2D eigenvalue weighted by Gasteiger charge is 2.36. The number of ether oxygens (including phenoxy) is 1. The summed E-state index contributed by atoms with van der Waals surface area (Å²) in [5, 5.41) is 5.20. The third kappa shape index (κ3) is 3.48. The van der Waals surface area contributed by atoms with Crippen molar-refractivity contribution in [2.24, 2.45) is 0 Å². The van der Waals surface area contributed by atoms with Gasteiger partial charge in [-0.1, -0.05) is 42.8 Å². The molecule has 0 bridgehead atoms. The average Bonchev–Trinajstić information content (AvgIpc) is 2.55. The molecule has 4 heteroatoms. The molecule has 23 heavy (non-hydrogen) atoms. The highest BCUT2D eigenvalue weighted by Crippen LogP contribution is 2.30. The predicted molar refractivity (Wildman–Crippen MR) is 92.2 cm³/mol. The first-order chi connectivity index (χ1) is 11.1. The van der Waals surface area contributed by atoms with Crippen LogP contribution < -0.4 is 10.1 Å². The third-order valence-electron chi connectivity index (χ3n) is 4.43. The molecule has 1 saturated heterocycles. The zero-order chi connectivity index (χ0) is 16.3. The van der Waals surface area contributed by atoms with Crippen molar-refractivity contribution in [3.63, 3.8) is 0 Å². The summed E-state index contributed by atoms with van der Waals surface area (Å²) in [6, 6.07) is 14.2. The fourth-order valence-electron chi connectivity index (χ4n) is 3.32. The van der Waals surface area contributed by atoms with Gasteiger partial charge in [0.2, 0.25) is 11.8 Å². The lowest BCUT2D eigenvalue weighted by Gasteiger charge is -2.43. The van der Waals surface area contributed by atoms with E-state index in [1.54, 1.807) is 0 Å². The van der Waals surface area contributed by atoms with Gasteiger partial charge in [-0.25, -0.2) is 4.90 Å². The second-order valence-corrected chi connectivity index (χ2v) is 6.29. The lowest BCUT2D eigenvalue weighted by atomic mass is 10.1. The lowest BCUT2D eigenvalue weighted by molar-refractivity contribution is -0.141. The van der Waals surface area contributed by atoms with Crippen LogP contribution in [0.15, 0.2) is 42.5 Å². The maximum Gasteiger partial charge on any atom is 0.240 e. The van der Waals surface area contributed by atoms with Gasteiger partial charge in [-0.15, -0.1) is 0 Å². The Balaban J connectivity index is 1.95. The fraction of sp³-hybridized carbons (Fsp3) is 0.421. The second-order valence-electron chi connectivity index (χ2n) is 6.29. The van der Waals surface area contributed by atoms with Crippen LogP contribution >= 0.6 is 0 Å². The van der Waals surface area contributed by atoms with E-state index in [2.05, 4.69) is 28.4 Å². The van der Waals surface area contributed by atoms with Crippen LogP contribution in [0.2, 0.25) is 0 Å². The van der Waals surface area contributed by atoms with Gasteiger partial charge in [0, 0.05) is 32.3 Å². The number of hydrogen-bond donors (Lipinski definition) is 1. The van der Waals surface area contributed by atoms with E-state index in [9.17, 15) is 4.79 Å². The van der Waals surface area contributed by atoms with Gasteiger partial charge in [0.15, 0.2) is 0 Å². The van der Waals surface area contributed by atoms with Gasteiger partial charge in [0.05, 0.1) is 0 Å². The summed E-state index contributed by atoms with van der Waals surface area (Å²) < 4.78 is 6.36. The van der Waals surface area contributed by atoms with Crippen molar-refractivity contribution in [2.75, 3.05) is 13.1 Å². The summed E-state index contributed by atoms with van der Waals surface area (Å²) in [5.74, 6) is -0.112. The minimum Gasteiger partial charge on any atom is -0.454 e. The van der Waals surface area contributed by atoms with E-state index >= 15 is 0 Å². The van der Waals surface area contributed by atoms with Gasteiger partial charge in [0.25, 0.3) is 0 Å². The minimum atomic E-state index is -0.823. The van der Waals surface area contributed by atoms with Gasteiger partial charge in [-0.3, -0.25) is 4.79 Å². The van der Waals surface area contributed by atoms with Crippen LogP contribution in [-0.2, 0) is 4.79 Å². The lowest BCUT2D eigenvalue weighted by Crippen LogP contribution is -2.63. The van der Waals surface area contributed by atoms with Gasteiger partial charge in [0.1, 0.15) is 5.75 Å².